The van der Waals surface area contributed by atoms with E-state index >= 15 is 0 Å². The minimum absolute atomic E-state index is 0.234. The second-order valence-electron chi connectivity index (χ2n) is 5.97. The Hall–Kier alpha value is -2.61. The quantitative estimate of drug-likeness (QED) is 0.685. The molecule has 0 aliphatic heterocycles. The highest BCUT2D eigenvalue weighted by molar-refractivity contribution is 8.00. The van der Waals surface area contributed by atoms with Crippen molar-refractivity contribution in [3.8, 4) is 11.4 Å². The number of hydrogen-bond donors (Lipinski definition) is 1. The summed E-state index contributed by atoms with van der Waals surface area (Å²) in [5.74, 6) is 0.843. The normalized spacial score (nSPS) is 12.2. The summed E-state index contributed by atoms with van der Waals surface area (Å²) >= 11 is 1.28. The Labute approximate surface area is 154 Å². The fraction of sp³-hybridized carbons (Fsp3) is 0.278. The molecule has 1 amide bonds. The summed E-state index contributed by atoms with van der Waals surface area (Å²) in [5.41, 5.74) is 1.82. The van der Waals surface area contributed by atoms with Gasteiger partial charge in [0, 0.05) is 12.7 Å². The lowest BCUT2D eigenvalue weighted by atomic mass is 10.2. The summed E-state index contributed by atoms with van der Waals surface area (Å²) in [7, 11) is 1.84. The molecule has 1 atom stereocenters. The molecule has 0 radical (unpaired) electrons. The predicted molar refractivity (Wildman–Crippen MR) is 98.5 cm³/mol. The van der Waals surface area contributed by atoms with E-state index < -0.39 is 5.25 Å². The molecule has 8 heteroatoms. The first-order valence-electron chi connectivity index (χ1n) is 8.04. The Kier molecular flexibility index (Phi) is 5.13. The summed E-state index contributed by atoms with van der Waals surface area (Å²) in [6.45, 7) is 5.29. The molecule has 0 bridgehead atoms. The molecule has 0 aliphatic rings. The van der Waals surface area contributed by atoms with Gasteiger partial charge in [-0.1, -0.05) is 17.8 Å². The monoisotopic (exact) mass is 374 g/mol. The standard InChI is InChI=1S/C18H19FN4O2S/c1-10-5-6-13(9-15(10)19)20-17(24)12(3)26-18-22-21-16(23(18)4)14-7-8-25-11(14)2/h5-9,12H,1-4H3,(H,20,24)/t12-/m0/s1. The number of hydrogen-bond acceptors (Lipinski definition) is 5. The highest BCUT2D eigenvalue weighted by Crippen LogP contribution is 2.28. The zero-order chi connectivity index (χ0) is 18.8. The number of aromatic nitrogens is 3. The number of amides is 1. The van der Waals surface area contributed by atoms with Gasteiger partial charge >= 0.3 is 0 Å². The van der Waals surface area contributed by atoms with Crippen LogP contribution in [0.1, 0.15) is 18.2 Å². The van der Waals surface area contributed by atoms with Crippen LogP contribution < -0.4 is 5.32 Å². The number of nitrogens with one attached hydrogen (secondary N) is 1. The van der Waals surface area contributed by atoms with Gasteiger partial charge in [0.15, 0.2) is 11.0 Å². The zero-order valence-electron chi connectivity index (χ0n) is 14.9. The molecule has 0 spiro atoms. The van der Waals surface area contributed by atoms with Crippen LogP contribution in [0.3, 0.4) is 0 Å². The summed E-state index contributed by atoms with van der Waals surface area (Å²) < 4.78 is 20.7. The minimum Gasteiger partial charge on any atom is -0.469 e. The van der Waals surface area contributed by atoms with Crippen molar-refractivity contribution in [2.24, 2.45) is 7.05 Å². The van der Waals surface area contributed by atoms with Gasteiger partial charge in [-0.25, -0.2) is 4.39 Å². The number of furan rings is 1. The third-order valence-corrected chi connectivity index (χ3v) is 5.16. The van der Waals surface area contributed by atoms with E-state index in [4.69, 9.17) is 4.42 Å². The summed E-state index contributed by atoms with van der Waals surface area (Å²) in [5, 5.41) is 11.2. The van der Waals surface area contributed by atoms with Crippen LogP contribution in [0.4, 0.5) is 10.1 Å². The number of anilines is 1. The molecule has 3 aromatic rings. The van der Waals surface area contributed by atoms with E-state index in [1.165, 1.54) is 17.8 Å². The van der Waals surface area contributed by atoms with E-state index in [1.807, 2.05) is 24.6 Å². The molecular formula is C18H19FN4O2S. The lowest BCUT2D eigenvalue weighted by molar-refractivity contribution is -0.115. The third-order valence-electron chi connectivity index (χ3n) is 4.03. The van der Waals surface area contributed by atoms with Crippen molar-refractivity contribution in [2.75, 3.05) is 5.32 Å². The van der Waals surface area contributed by atoms with Crippen LogP contribution in [0, 0.1) is 19.7 Å². The first-order chi connectivity index (χ1) is 12.4. The van der Waals surface area contributed by atoms with E-state index in [1.54, 1.807) is 32.2 Å². The Morgan fingerprint density at radius 2 is 2.08 bits per heavy atom. The van der Waals surface area contributed by atoms with Crippen LogP contribution in [0.15, 0.2) is 40.1 Å². The van der Waals surface area contributed by atoms with E-state index in [0.717, 1.165) is 11.3 Å². The van der Waals surface area contributed by atoms with E-state index in [-0.39, 0.29) is 11.7 Å². The maximum Gasteiger partial charge on any atom is 0.237 e. The number of halogens is 1. The highest BCUT2D eigenvalue weighted by Gasteiger charge is 2.20. The molecule has 0 saturated heterocycles. The first kappa shape index (κ1) is 18.2. The van der Waals surface area contributed by atoms with Gasteiger partial charge in [0.2, 0.25) is 5.91 Å². The molecule has 2 aromatic heterocycles. The molecule has 0 aliphatic carbocycles. The molecule has 0 unspecified atom stereocenters. The average molecular weight is 374 g/mol. The van der Waals surface area contributed by atoms with E-state index in [9.17, 15) is 9.18 Å². The Balaban J connectivity index is 1.70. The summed E-state index contributed by atoms with van der Waals surface area (Å²) in [6.07, 6.45) is 1.60. The van der Waals surface area contributed by atoms with Gasteiger partial charge in [-0.2, -0.15) is 0 Å². The maximum absolute atomic E-state index is 13.6. The fourth-order valence-corrected chi connectivity index (χ4v) is 3.21. The summed E-state index contributed by atoms with van der Waals surface area (Å²) in [4.78, 5) is 12.4. The number of nitrogens with zero attached hydrogens (tertiary/aromatic N) is 3. The number of carbonyl (C=O) groups is 1. The Morgan fingerprint density at radius 3 is 2.73 bits per heavy atom. The van der Waals surface area contributed by atoms with E-state index in [0.29, 0.717) is 22.2 Å². The van der Waals surface area contributed by atoms with Gasteiger partial charge in [0.1, 0.15) is 11.6 Å². The number of benzene rings is 1. The van der Waals surface area contributed by atoms with Gasteiger partial charge in [-0.15, -0.1) is 10.2 Å². The van der Waals surface area contributed by atoms with Crippen molar-refractivity contribution in [3.63, 3.8) is 0 Å². The van der Waals surface area contributed by atoms with E-state index in [2.05, 4.69) is 15.5 Å². The lowest BCUT2D eigenvalue weighted by Gasteiger charge is -2.12. The van der Waals surface area contributed by atoms with Crippen LogP contribution >= 0.6 is 11.8 Å². The SMILES string of the molecule is Cc1ccc(NC(=O)[C@H](C)Sc2nnc(-c3ccoc3C)n2C)cc1F. The Bertz CT molecular complexity index is 951. The van der Waals surface area contributed by atoms with Crippen LogP contribution in [-0.2, 0) is 11.8 Å². The van der Waals surface area contributed by atoms with Crippen LogP contribution in [-0.4, -0.2) is 25.9 Å². The molecule has 3 rings (SSSR count). The number of thioether (sulfide) groups is 1. The van der Waals surface area contributed by atoms with Crippen molar-refractivity contribution >= 4 is 23.4 Å². The van der Waals surface area contributed by atoms with Crippen molar-refractivity contribution in [3.05, 3.63) is 47.7 Å². The number of aryl methyl sites for hydroxylation is 2. The third kappa shape index (κ3) is 3.65. The largest absolute Gasteiger partial charge is 0.469 e. The van der Waals surface area contributed by atoms with Gasteiger partial charge in [-0.3, -0.25) is 4.79 Å². The molecule has 26 heavy (non-hydrogen) atoms. The molecule has 1 aromatic carbocycles. The molecule has 1 N–H and O–H groups in total. The molecule has 6 nitrogen and oxygen atoms in total. The molecule has 0 saturated carbocycles. The van der Waals surface area contributed by atoms with Gasteiger partial charge < -0.3 is 14.3 Å². The van der Waals surface area contributed by atoms with Crippen molar-refractivity contribution in [1.29, 1.82) is 0 Å². The van der Waals surface area contributed by atoms with Gasteiger partial charge in [-0.05, 0) is 44.5 Å². The number of carbonyl (C=O) groups excluding carboxylic acids is 1. The second-order valence-corrected chi connectivity index (χ2v) is 7.28. The predicted octanol–water partition coefficient (Wildman–Crippen LogP) is 3.95. The zero-order valence-corrected chi connectivity index (χ0v) is 15.7. The second kappa shape index (κ2) is 7.33. The van der Waals surface area contributed by atoms with Crippen LogP contribution in [0.5, 0.6) is 0 Å². The van der Waals surface area contributed by atoms with Crippen molar-refractivity contribution in [1.82, 2.24) is 14.8 Å². The average Bonchev–Trinajstić information content (AvgIpc) is 3.17. The van der Waals surface area contributed by atoms with Crippen LogP contribution in [0.2, 0.25) is 0 Å². The molecular weight excluding hydrogens is 355 g/mol. The van der Waals surface area contributed by atoms with Crippen molar-refractivity contribution in [2.45, 2.75) is 31.2 Å². The molecule has 2 heterocycles. The molecule has 0 fully saturated rings. The Morgan fingerprint density at radius 1 is 1.31 bits per heavy atom. The van der Waals surface area contributed by atoms with Crippen LogP contribution in [0.25, 0.3) is 11.4 Å². The van der Waals surface area contributed by atoms with Gasteiger partial charge in [0.25, 0.3) is 0 Å². The lowest BCUT2D eigenvalue weighted by Crippen LogP contribution is -2.23. The fourth-order valence-electron chi connectivity index (χ4n) is 2.40. The summed E-state index contributed by atoms with van der Waals surface area (Å²) in [6, 6.07) is 6.45. The molecule has 136 valence electrons. The smallest absolute Gasteiger partial charge is 0.237 e. The minimum atomic E-state index is -0.430. The topological polar surface area (TPSA) is 73.0 Å². The first-order valence-corrected chi connectivity index (χ1v) is 8.92. The highest BCUT2D eigenvalue weighted by atomic mass is 32.2. The maximum atomic E-state index is 13.6. The van der Waals surface area contributed by atoms with Crippen molar-refractivity contribution < 1.29 is 13.6 Å². The number of rotatable bonds is 5. The van der Waals surface area contributed by atoms with Gasteiger partial charge in [0.05, 0.1) is 17.1 Å².